The summed E-state index contributed by atoms with van der Waals surface area (Å²) in [6.07, 6.45) is 3.31. The smallest absolute Gasteiger partial charge is 0.127 e. The summed E-state index contributed by atoms with van der Waals surface area (Å²) in [4.78, 5) is 4.37. The van der Waals surface area contributed by atoms with Crippen LogP contribution in [0.2, 0.25) is 5.02 Å². The molecule has 2 aromatic carbocycles. The van der Waals surface area contributed by atoms with Crippen molar-refractivity contribution in [1.29, 1.82) is 0 Å². The molecule has 2 N–H and O–H groups in total. The maximum atomic E-state index is 10.9. The largest absolute Gasteiger partial charge is 0.379 e. The Balaban J connectivity index is 1.83. The fourth-order valence-corrected chi connectivity index (χ4v) is 2.85. The van der Waals surface area contributed by atoms with Gasteiger partial charge in [0.1, 0.15) is 5.60 Å². The normalized spacial score (nSPS) is 19.2. The van der Waals surface area contributed by atoms with Gasteiger partial charge in [0.15, 0.2) is 0 Å². The topological polar surface area (TPSA) is 44.6 Å². The Bertz CT molecular complexity index is 725. The highest BCUT2D eigenvalue weighted by Gasteiger charge is 2.34. The molecule has 0 bridgehead atoms. The fraction of sp³-hybridized carbons (Fsp3) is 0.316. The summed E-state index contributed by atoms with van der Waals surface area (Å²) in [5.74, 6) is 0.548. The molecule has 0 spiro atoms. The van der Waals surface area contributed by atoms with E-state index in [-0.39, 0.29) is 0 Å². The Morgan fingerprint density at radius 1 is 1.13 bits per heavy atom. The first-order chi connectivity index (χ1) is 11.0. The highest BCUT2D eigenvalue weighted by atomic mass is 35.5. The molecular formula is C19H21ClN2O. The van der Waals surface area contributed by atoms with Gasteiger partial charge in [-0.1, -0.05) is 25.4 Å². The molecule has 23 heavy (non-hydrogen) atoms. The molecule has 1 unspecified atom stereocenters. The average Bonchev–Trinajstić information content (AvgIpc) is 2.85. The molecule has 120 valence electrons. The molecule has 0 aliphatic carbocycles. The minimum Gasteiger partial charge on any atom is -0.379 e. The molecule has 0 saturated heterocycles. The van der Waals surface area contributed by atoms with Crippen LogP contribution < -0.4 is 5.32 Å². The zero-order valence-corrected chi connectivity index (χ0v) is 14.1. The molecule has 1 aliphatic heterocycles. The Morgan fingerprint density at radius 2 is 1.83 bits per heavy atom. The zero-order valence-electron chi connectivity index (χ0n) is 13.4. The predicted octanol–water partition coefficient (Wildman–Crippen LogP) is 5.42. The maximum absolute atomic E-state index is 10.9. The van der Waals surface area contributed by atoms with Crippen molar-refractivity contribution in [3.05, 3.63) is 53.1 Å². The molecule has 1 aliphatic rings. The zero-order chi connectivity index (χ0) is 16.4. The van der Waals surface area contributed by atoms with Gasteiger partial charge in [-0.2, -0.15) is 0 Å². The number of anilines is 2. The van der Waals surface area contributed by atoms with Crippen LogP contribution in [0.3, 0.4) is 0 Å². The number of rotatable bonds is 5. The quantitative estimate of drug-likeness (QED) is 0.769. The van der Waals surface area contributed by atoms with Crippen molar-refractivity contribution < 1.29 is 5.11 Å². The standard InChI is InChI=1S/C19H21ClN2O/c1-13(2)9-10-19(23)12-21-18-8-7-16(11-17(18)19)22-15-5-3-14(20)4-6-15/h3-8,11-13,22-23H,9-10H2,1-2H3. The number of fused-ring (bicyclic) bond motifs is 1. The lowest BCUT2D eigenvalue weighted by atomic mass is 9.88. The summed E-state index contributed by atoms with van der Waals surface area (Å²) in [7, 11) is 0. The molecule has 0 saturated carbocycles. The van der Waals surface area contributed by atoms with Crippen molar-refractivity contribution in [3.8, 4) is 0 Å². The van der Waals surface area contributed by atoms with Crippen LogP contribution in [0, 0.1) is 5.92 Å². The molecule has 0 amide bonds. The van der Waals surface area contributed by atoms with Gasteiger partial charge in [-0.25, -0.2) is 0 Å². The molecule has 4 heteroatoms. The van der Waals surface area contributed by atoms with E-state index in [0.29, 0.717) is 17.4 Å². The fourth-order valence-electron chi connectivity index (χ4n) is 2.73. The highest BCUT2D eigenvalue weighted by Crippen LogP contribution is 2.40. The van der Waals surface area contributed by atoms with E-state index in [1.54, 1.807) is 6.21 Å². The van der Waals surface area contributed by atoms with Gasteiger partial charge in [-0.3, -0.25) is 4.99 Å². The van der Waals surface area contributed by atoms with Gasteiger partial charge in [0.05, 0.1) is 5.69 Å². The minimum atomic E-state index is -0.961. The van der Waals surface area contributed by atoms with E-state index in [1.165, 1.54) is 0 Å². The van der Waals surface area contributed by atoms with Crippen LogP contribution in [0.5, 0.6) is 0 Å². The van der Waals surface area contributed by atoms with Gasteiger partial charge < -0.3 is 10.4 Å². The molecule has 0 fully saturated rings. The minimum absolute atomic E-state index is 0.548. The third kappa shape index (κ3) is 3.57. The number of hydrogen-bond acceptors (Lipinski definition) is 3. The summed E-state index contributed by atoms with van der Waals surface area (Å²) in [6, 6.07) is 13.4. The van der Waals surface area contributed by atoms with Crippen LogP contribution >= 0.6 is 11.6 Å². The molecule has 0 radical (unpaired) electrons. The lowest BCUT2D eigenvalue weighted by Gasteiger charge is -2.23. The van der Waals surface area contributed by atoms with E-state index >= 15 is 0 Å². The third-order valence-corrected chi connectivity index (χ3v) is 4.37. The first-order valence-electron chi connectivity index (χ1n) is 7.91. The van der Waals surface area contributed by atoms with Gasteiger partial charge in [0.2, 0.25) is 0 Å². The number of hydrogen-bond donors (Lipinski definition) is 2. The molecule has 0 aromatic heterocycles. The van der Waals surface area contributed by atoms with Gasteiger partial charge in [-0.15, -0.1) is 0 Å². The van der Waals surface area contributed by atoms with Gasteiger partial charge in [-0.05, 0) is 61.2 Å². The van der Waals surface area contributed by atoms with Crippen molar-refractivity contribution in [2.45, 2.75) is 32.3 Å². The molecule has 2 aromatic rings. The number of nitrogens with zero attached hydrogens (tertiary/aromatic N) is 1. The monoisotopic (exact) mass is 328 g/mol. The Hall–Kier alpha value is -1.84. The molecule has 1 heterocycles. The summed E-state index contributed by atoms with van der Waals surface area (Å²) in [6.45, 7) is 4.32. The van der Waals surface area contributed by atoms with Crippen LogP contribution in [0.1, 0.15) is 32.3 Å². The average molecular weight is 329 g/mol. The van der Waals surface area contributed by atoms with Gasteiger partial charge in [0.25, 0.3) is 0 Å². The van der Waals surface area contributed by atoms with E-state index in [0.717, 1.165) is 29.0 Å². The van der Waals surface area contributed by atoms with Crippen LogP contribution in [-0.4, -0.2) is 11.3 Å². The van der Waals surface area contributed by atoms with E-state index in [4.69, 9.17) is 11.6 Å². The second kappa shape index (κ2) is 6.34. The van der Waals surface area contributed by atoms with Crippen molar-refractivity contribution in [2.24, 2.45) is 10.9 Å². The summed E-state index contributed by atoms with van der Waals surface area (Å²) < 4.78 is 0. The number of halogens is 1. The second-order valence-corrected chi connectivity index (χ2v) is 6.92. The highest BCUT2D eigenvalue weighted by molar-refractivity contribution is 6.30. The molecule has 3 nitrogen and oxygen atoms in total. The van der Waals surface area contributed by atoms with Gasteiger partial charge >= 0.3 is 0 Å². The van der Waals surface area contributed by atoms with Crippen molar-refractivity contribution >= 4 is 34.9 Å². The van der Waals surface area contributed by atoms with Crippen molar-refractivity contribution in [2.75, 3.05) is 5.32 Å². The van der Waals surface area contributed by atoms with Crippen molar-refractivity contribution in [1.82, 2.24) is 0 Å². The van der Waals surface area contributed by atoms with E-state index in [2.05, 4.69) is 24.2 Å². The molecular weight excluding hydrogens is 308 g/mol. The number of aliphatic hydroxyl groups is 1. The second-order valence-electron chi connectivity index (χ2n) is 6.48. The summed E-state index contributed by atoms with van der Waals surface area (Å²) >= 11 is 5.91. The Morgan fingerprint density at radius 3 is 2.52 bits per heavy atom. The van der Waals surface area contributed by atoms with Gasteiger partial charge in [0, 0.05) is 28.2 Å². The van der Waals surface area contributed by atoms with E-state index in [1.807, 2.05) is 42.5 Å². The lowest BCUT2D eigenvalue weighted by Crippen LogP contribution is -2.25. The van der Waals surface area contributed by atoms with Crippen molar-refractivity contribution in [3.63, 3.8) is 0 Å². The van der Waals surface area contributed by atoms with E-state index < -0.39 is 5.60 Å². The van der Waals surface area contributed by atoms with Crippen LogP contribution in [0.25, 0.3) is 0 Å². The lowest BCUT2D eigenvalue weighted by molar-refractivity contribution is 0.103. The summed E-state index contributed by atoms with van der Waals surface area (Å²) in [5, 5.41) is 15.0. The van der Waals surface area contributed by atoms with E-state index in [9.17, 15) is 5.11 Å². The van der Waals surface area contributed by atoms with Crippen LogP contribution in [-0.2, 0) is 5.60 Å². The van der Waals surface area contributed by atoms with Crippen LogP contribution in [0.4, 0.5) is 17.1 Å². The maximum Gasteiger partial charge on any atom is 0.127 e. The molecule has 3 rings (SSSR count). The predicted molar refractivity (Wildman–Crippen MR) is 97.3 cm³/mol. The summed E-state index contributed by atoms with van der Waals surface area (Å²) in [5.41, 5.74) is 2.64. The Labute approximate surface area is 142 Å². The van der Waals surface area contributed by atoms with Crippen LogP contribution in [0.15, 0.2) is 47.5 Å². The number of aliphatic imine (C=N–C) groups is 1. The number of benzene rings is 2. The first-order valence-corrected chi connectivity index (χ1v) is 8.29. The Kier molecular flexibility index (Phi) is 4.42. The number of nitrogens with one attached hydrogen (secondary N) is 1. The SMILES string of the molecule is CC(C)CCC1(O)C=Nc2ccc(Nc3ccc(Cl)cc3)cc21. The first kappa shape index (κ1) is 16.0. The third-order valence-electron chi connectivity index (χ3n) is 4.12. The molecule has 1 atom stereocenters.